The smallest absolute Gasteiger partial charge is 0.254 e. The average molecular weight is 195 g/mol. The number of amides is 2. The van der Waals surface area contributed by atoms with Gasteiger partial charge in [-0.3, -0.25) is 14.9 Å². The fourth-order valence-corrected chi connectivity index (χ4v) is 2.40. The zero-order valence-electron chi connectivity index (χ0n) is 8.04. The summed E-state index contributed by atoms with van der Waals surface area (Å²) in [6, 6.07) is 0. The zero-order valence-corrected chi connectivity index (χ0v) is 8.04. The quantitative estimate of drug-likeness (QED) is 0.578. The second kappa shape index (κ2) is 3.20. The first kappa shape index (κ1) is 9.40. The van der Waals surface area contributed by atoms with Crippen LogP contribution in [0.4, 0.5) is 0 Å². The number of rotatable bonds is 1. The topological polar surface area (TPSA) is 66.4 Å². The summed E-state index contributed by atoms with van der Waals surface area (Å²) in [5, 5.41) is 11.4. The predicted molar refractivity (Wildman–Crippen MR) is 49.1 cm³/mol. The van der Waals surface area contributed by atoms with Crippen LogP contribution >= 0.6 is 0 Å². The Morgan fingerprint density at radius 1 is 1.50 bits per heavy atom. The molecule has 14 heavy (non-hydrogen) atoms. The molecule has 2 aliphatic rings. The third-order valence-electron chi connectivity index (χ3n) is 3.16. The molecular weight excluding hydrogens is 182 g/mol. The van der Waals surface area contributed by atoms with Crippen molar-refractivity contribution >= 4 is 11.8 Å². The van der Waals surface area contributed by atoms with Crippen molar-refractivity contribution in [2.24, 2.45) is 11.8 Å². The molecule has 0 aromatic carbocycles. The van der Waals surface area contributed by atoms with Crippen molar-refractivity contribution in [3.05, 3.63) is 11.1 Å². The van der Waals surface area contributed by atoms with Gasteiger partial charge >= 0.3 is 0 Å². The lowest BCUT2D eigenvalue weighted by molar-refractivity contribution is -0.136. The normalized spacial score (nSPS) is 31.9. The summed E-state index contributed by atoms with van der Waals surface area (Å²) < 4.78 is 0. The number of carbonyl (C=O) groups is 2. The molecule has 0 bridgehead atoms. The van der Waals surface area contributed by atoms with Gasteiger partial charge in [0.05, 0.1) is 12.5 Å². The van der Waals surface area contributed by atoms with Gasteiger partial charge in [-0.05, 0) is 19.8 Å². The highest BCUT2D eigenvalue weighted by Crippen LogP contribution is 2.39. The molecule has 1 heterocycles. The number of carbonyl (C=O) groups excluding carboxylic acids is 2. The average Bonchev–Trinajstić information content (AvgIpc) is 2.49. The first-order chi connectivity index (χ1) is 6.65. The largest absolute Gasteiger partial charge is 0.396 e. The molecule has 1 saturated heterocycles. The van der Waals surface area contributed by atoms with Crippen molar-refractivity contribution in [1.82, 2.24) is 5.32 Å². The number of aliphatic hydroxyl groups excluding tert-OH is 1. The van der Waals surface area contributed by atoms with Gasteiger partial charge in [0.25, 0.3) is 5.91 Å². The van der Waals surface area contributed by atoms with Gasteiger partial charge in [0, 0.05) is 11.5 Å². The van der Waals surface area contributed by atoms with Gasteiger partial charge in [0.2, 0.25) is 5.91 Å². The molecule has 2 amide bonds. The molecule has 0 spiro atoms. The molecule has 0 aromatic heterocycles. The van der Waals surface area contributed by atoms with Crippen LogP contribution in [0.3, 0.4) is 0 Å². The van der Waals surface area contributed by atoms with Crippen molar-refractivity contribution < 1.29 is 14.7 Å². The lowest BCUT2D eigenvalue weighted by Crippen LogP contribution is -2.48. The summed E-state index contributed by atoms with van der Waals surface area (Å²) in [5.41, 5.74) is 1.78. The molecule has 0 unspecified atom stereocenters. The van der Waals surface area contributed by atoms with Gasteiger partial charge in [-0.15, -0.1) is 0 Å². The summed E-state index contributed by atoms with van der Waals surface area (Å²) in [6.07, 6.45) is 1.67. The van der Waals surface area contributed by atoms with E-state index in [1.807, 2.05) is 6.92 Å². The Kier molecular flexibility index (Phi) is 2.15. The van der Waals surface area contributed by atoms with Crippen LogP contribution in [0.5, 0.6) is 0 Å². The van der Waals surface area contributed by atoms with E-state index < -0.39 is 5.92 Å². The molecule has 2 rings (SSSR count). The van der Waals surface area contributed by atoms with Crippen LogP contribution in [0.15, 0.2) is 11.1 Å². The number of aliphatic hydroxyl groups is 1. The van der Waals surface area contributed by atoms with Gasteiger partial charge < -0.3 is 5.11 Å². The van der Waals surface area contributed by atoms with E-state index >= 15 is 0 Å². The Bertz CT molecular complexity index is 332. The third kappa shape index (κ3) is 1.18. The van der Waals surface area contributed by atoms with Gasteiger partial charge in [0.1, 0.15) is 0 Å². The molecule has 0 aromatic rings. The van der Waals surface area contributed by atoms with Crippen LogP contribution in [-0.4, -0.2) is 23.5 Å². The van der Waals surface area contributed by atoms with Crippen molar-refractivity contribution in [3.8, 4) is 0 Å². The fourth-order valence-electron chi connectivity index (χ4n) is 2.40. The number of hydrogen-bond acceptors (Lipinski definition) is 3. The van der Waals surface area contributed by atoms with Crippen LogP contribution < -0.4 is 5.32 Å². The van der Waals surface area contributed by atoms with Gasteiger partial charge in [-0.1, -0.05) is 5.57 Å². The van der Waals surface area contributed by atoms with Crippen molar-refractivity contribution in [2.75, 3.05) is 6.61 Å². The molecule has 1 fully saturated rings. The van der Waals surface area contributed by atoms with Crippen LogP contribution in [-0.2, 0) is 9.59 Å². The van der Waals surface area contributed by atoms with Crippen molar-refractivity contribution in [2.45, 2.75) is 19.8 Å². The molecule has 0 radical (unpaired) electrons. The van der Waals surface area contributed by atoms with Gasteiger partial charge in [-0.25, -0.2) is 0 Å². The van der Waals surface area contributed by atoms with Crippen molar-refractivity contribution in [1.29, 1.82) is 0 Å². The minimum Gasteiger partial charge on any atom is -0.396 e. The number of piperidine rings is 1. The first-order valence-electron chi connectivity index (χ1n) is 4.81. The number of allylic oxidation sites excluding steroid dienone is 1. The number of imide groups is 1. The molecule has 2 atom stereocenters. The highest BCUT2D eigenvalue weighted by molar-refractivity contribution is 6.09. The second-order valence-electron chi connectivity index (χ2n) is 3.95. The molecule has 1 aliphatic heterocycles. The molecule has 76 valence electrons. The first-order valence-corrected chi connectivity index (χ1v) is 4.81. The minimum absolute atomic E-state index is 0.0544. The lowest BCUT2D eigenvalue weighted by atomic mass is 9.83. The molecule has 4 nitrogen and oxygen atoms in total. The fraction of sp³-hybridized carbons (Fsp3) is 0.600. The van der Waals surface area contributed by atoms with Crippen LogP contribution in [0.2, 0.25) is 0 Å². The van der Waals surface area contributed by atoms with E-state index in [9.17, 15) is 9.59 Å². The highest BCUT2D eigenvalue weighted by Gasteiger charge is 2.42. The summed E-state index contributed by atoms with van der Waals surface area (Å²) in [7, 11) is 0. The van der Waals surface area contributed by atoms with Crippen LogP contribution in [0.1, 0.15) is 19.8 Å². The summed E-state index contributed by atoms with van der Waals surface area (Å²) in [4.78, 5) is 22.9. The monoisotopic (exact) mass is 195 g/mol. The predicted octanol–water partition coefficient (Wildman–Crippen LogP) is -0.0222. The van der Waals surface area contributed by atoms with Gasteiger partial charge in [-0.2, -0.15) is 0 Å². The van der Waals surface area contributed by atoms with E-state index in [-0.39, 0.29) is 24.3 Å². The zero-order chi connectivity index (χ0) is 10.3. The maximum Gasteiger partial charge on any atom is 0.254 e. The Balaban J connectivity index is 2.37. The number of hydrogen-bond donors (Lipinski definition) is 2. The van der Waals surface area contributed by atoms with Gasteiger partial charge in [0.15, 0.2) is 0 Å². The SMILES string of the molecule is CC1=C2C(=O)NC(=O)[C@@H](CO)[C@@H]2CC1. The summed E-state index contributed by atoms with van der Waals surface area (Å²) in [5.74, 6) is -1.08. The van der Waals surface area contributed by atoms with E-state index in [1.165, 1.54) is 0 Å². The molecule has 0 saturated carbocycles. The maximum atomic E-state index is 11.5. The Labute approximate surface area is 82.0 Å². The van der Waals surface area contributed by atoms with Crippen LogP contribution in [0.25, 0.3) is 0 Å². The van der Waals surface area contributed by atoms with E-state index in [4.69, 9.17) is 5.11 Å². The Morgan fingerprint density at radius 3 is 2.86 bits per heavy atom. The number of nitrogens with one attached hydrogen (secondary N) is 1. The lowest BCUT2D eigenvalue weighted by Gasteiger charge is -2.27. The standard InChI is InChI=1S/C10H13NO3/c1-5-2-3-6-7(4-12)9(13)11-10(14)8(5)6/h6-7,12H,2-4H2,1H3,(H,11,13,14)/t6-,7-/m0/s1. The van der Waals surface area contributed by atoms with Crippen LogP contribution in [0, 0.1) is 11.8 Å². The molecular formula is C10H13NO3. The number of fused-ring (bicyclic) bond motifs is 1. The van der Waals surface area contributed by atoms with E-state index in [0.29, 0.717) is 0 Å². The van der Waals surface area contributed by atoms with E-state index in [2.05, 4.69) is 5.32 Å². The second-order valence-corrected chi connectivity index (χ2v) is 3.95. The minimum atomic E-state index is -0.430. The summed E-state index contributed by atoms with van der Waals surface area (Å²) >= 11 is 0. The van der Waals surface area contributed by atoms with E-state index in [0.717, 1.165) is 24.0 Å². The van der Waals surface area contributed by atoms with E-state index in [1.54, 1.807) is 0 Å². The Hall–Kier alpha value is -1.16. The molecule has 4 heteroatoms. The third-order valence-corrected chi connectivity index (χ3v) is 3.16. The highest BCUT2D eigenvalue weighted by atomic mass is 16.3. The van der Waals surface area contributed by atoms with Crippen molar-refractivity contribution in [3.63, 3.8) is 0 Å². The Morgan fingerprint density at radius 2 is 2.21 bits per heavy atom. The molecule has 1 aliphatic carbocycles. The maximum absolute atomic E-state index is 11.5. The summed E-state index contributed by atoms with van der Waals surface area (Å²) in [6.45, 7) is 1.74. The molecule has 2 N–H and O–H groups in total.